The van der Waals surface area contributed by atoms with Crippen molar-refractivity contribution in [2.24, 2.45) is 0 Å². The highest BCUT2D eigenvalue weighted by Crippen LogP contribution is 2.45. The van der Waals surface area contributed by atoms with Gasteiger partial charge in [0.25, 0.3) is 5.56 Å². The van der Waals surface area contributed by atoms with Gasteiger partial charge in [0.05, 0.1) is 12.0 Å². The number of fused-ring (bicyclic) bond motifs is 1. The minimum absolute atomic E-state index is 0.0000756. The highest BCUT2D eigenvalue weighted by molar-refractivity contribution is 7.91. The van der Waals surface area contributed by atoms with Crippen molar-refractivity contribution in [1.29, 1.82) is 0 Å². The van der Waals surface area contributed by atoms with Gasteiger partial charge in [0.2, 0.25) is 15.0 Å². The lowest BCUT2D eigenvalue weighted by atomic mass is 9.78. The van der Waals surface area contributed by atoms with E-state index in [1.54, 1.807) is 13.8 Å². The number of sulfonamides is 1. The Hall–Kier alpha value is -3.05. The second-order valence-corrected chi connectivity index (χ2v) is 12.3. The smallest absolute Gasteiger partial charge is 0.257 e. The number of rotatable bonds is 7. The van der Waals surface area contributed by atoms with Crippen LogP contribution in [0.3, 0.4) is 0 Å². The number of benzene rings is 2. The van der Waals surface area contributed by atoms with Crippen molar-refractivity contribution in [3.8, 4) is 11.1 Å². The SMILES string of the molecule is CC(C)n1cnc2c(c1=O)[C@@H](Cc1cccc(-c3cc(F)cc(F)c3)c1F)[C@@H](NS(=O)(=O)C1(F)CC1)CC2. The summed E-state index contributed by atoms with van der Waals surface area (Å²) in [5.41, 5.74) is 0.447. The second kappa shape index (κ2) is 9.60. The predicted molar refractivity (Wildman–Crippen MR) is 134 cm³/mol. The number of hydrogen-bond donors (Lipinski definition) is 1. The number of nitrogens with one attached hydrogen (secondary N) is 1. The molecule has 3 aromatic rings. The van der Waals surface area contributed by atoms with E-state index in [-0.39, 0.29) is 66.0 Å². The molecule has 6 nitrogen and oxygen atoms in total. The maximum Gasteiger partial charge on any atom is 0.257 e. The lowest BCUT2D eigenvalue weighted by Crippen LogP contribution is -2.48. The average Bonchev–Trinajstić information content (AvgIpc) is 3.60. The minimum atomic E-state index is -4.35. The molecule has 2 atom stereocenters. The zero-order valence-electron chi connectivity index (χ0n) is 20.8. The first-order valence-electron chi connectivity index (χ1n) is 12.4. The molecule has 1 N–H and O–H groups in total. The van der Waals surface area contributed by atoms with Crippen molar-refractivity contribution in [3.05, 3.63) is 87.4 Å². The number of hydrogen-bond acceptors (Lipinski definition) is 4. The Labute approximate surface area is 217 Å². The Morgan fingerprint density at radius 1 is 1.13 bits per heavy atom. The Kier molecular flexibility index (Phi) is 6.71. The molecule has 1 fully saturated rings. The molecule has 2 aliphatic carbocycles. The van der Waals surface area contributed by atoms with Crippen molar-refractivity contribution < 1.29 is 26.0 Å². The number of halogens is 4. The van der Waals surface area contributed by atoms with Crippen LogP contribution in [0.5, 0.6) is 0 Å². The van der Waals surface area contributed by atoms with Crippen LogP contribution in [-0.2, 0) is 22.9 Å². The van der Waals surface area contributed by atoms with Gasteiger partial charge in [-0.15, -0.1) is 0 Å². The van der Waals surface area contributed by atoms with Crippen LogP contribution in [0.15, 0.2) is 47.5 Å². The monoisotopic (exact) mass is 549 g/mol. The van der Waals surface area contributed by atoms with Crippen LogP contribution in [0.1, 0.15) is 61.9 Å². The molecule has 202 valence electrons. The molecule has 11 heteroatoms. The van der Waals surface area contributed by atoms with Crippen molar-refractivity contribution >= 4 is 10.0 Å². The summed E-state index contributed by atoms with van der Waals surface area (Å²) in [4.78, 5) is 17.9. The normalized spacial score (nSPS) is 20.4. The van der Waals surface area contributed by atoms with Crippen LogP contribution in [0.25, 0.3) is 11.1 Å². The van der Waals surface area contributed by atoms with Crippen molar-refractivity contribution in [2.75, 3.05) is 0 Å². The summed E-state index contributed by atoms with van der Waals surface area (Å²) >= 11 is 0. The molecule has 0 aliphatic heterocycles. The van der Waals surface area contributed by atoms with Crippen LogP contribution in [0.4, 0.5) is 17.6 Å². The van der Waals surface area contributed by atoms with Gasteiger partial charge < -0.3 is 0 Å². The highest BCUT2D eigenvalue weighted by atomic mass is 32.2. The molecule has 1 saturated carbocycles. The summed E-state index contributed by atoms with van der Waals surface area (Å²) in [6.07, 6.45) is 1.63. The Bertz CT molecular complexity index is 1550. The molecule has 0 unspecified atom stereocenters. The fourth-order valence-corrected chi connectivity index (χ4v) is 6.65. The maximum absolute atomic E-state index is 15.8. The zero-order chi connectivity index (χ0) is 27.4. The summed E-state index contributed by atoms with van der Waals surface area (Å²) < 4.78 is 87.6. The summed E-state index contributed by atoms with van der Waals surface area (Å²) in [5.74, 6) is -3.32. The fourth-order valence-electron chi connectivity index (χ4n) is 5.11. The van der Waals surface area contributed by atoms with Crippen LogP contribution in [0.2, 0.25) is 0 Å². The average molecular weight is 550 g/mol. The summed E-state index contributed by atoms with van der Waals surface area (Å²) in [6.45, 7) is 3.60. The Morgan fingerprint density at radius 3 is 2.45 bits per heavy atom. The van der Waals surface area contributed by atoms with Crippen molar-refractivity contribution in [1.82, 2.24) is 14.3 Å². The van der Waals surface area contributed by atoms with Gasteiger partial charge in [-0.05, 0) is 56.4 Å². The van der Waals surface area contributed by atoms with E-state index in [2.05, 4.69) is 9.71 Å². The molecule has 0 saturated heterocycles. The van der Waals surface area contributed by atoms with Gasteiger partial charge in [-0.1, -0.05) is 18.2 Å². The molecule has 0 radical (unpaired) electrons. The molecule has 1 aromatic heterocycles. The van der Waals surface area contributed by atoms with E-state index in [0.717, 1.165) is 12.1 Å². The molecule has 2 aliphatic rings. The van der Waals surface area contributed by atoms with E-state index in [1.807, 2.05) is 0 Å². The lowest BCUT2D eigenvalue weighted by Gasteiger charge is -2.34. The third-order valence-electron chi connectivity index (χ3n) is 7.34. The quantitative estimate of drug-likeness (QED) is 0.424. The van der Waals surface area contributed by atoms with Gasteiger partial charge in [-0.25, -0.2) is 35.7 Å². The number of nitrogens with zero attached hydrogens (tertiary/aromatic N) is 2. The Balaban J connectivity index is 1.60. The van der Waals surface area contributed by atoms with Crippen LogP contribution >= 0.6 is 0 Å². The number of aromatic nitrogens is 2. The maximum atomic E-state index is 15.8. The van der Waals surface area contributed by atoms with Crippen LogP contribution in [0, 0.1) is 17.5 Å². The zero-order valence-corrected chi connectivity index (χ0v) is 21.7. The molecule has 2 aromatic carbocycles. The van der Waals surface area contributed by atoms with Crippen molar-refractivity contribution in [3.63, 3.8) is 0 Å². The van der Waals surface area contributed by atoms with E-state index in [0.29, 0.717) is 11.8 Å². The molecule has 5 rings (SSSR count). The van der Waals surface area contributed by atoms with Gasteiger partial charge in [0.1, 0.15) is 17.5 Å². The molecule has 1 heterocycles. The molecule has 0 bridgehead atoms. The number of alkyl halides is 1. The molecular weight excluding hydrogens is 522 g/mol. The summed E-state index contributed by atoms with van der Waals surface area (Å²) in [5, 5.41) is -2.35. The number of aryl methyl sites for hydroxylation is 1. The van der Waals surface area contributed by atoms with Crippen LogP contribution < -0.4 is 10.3 Å². The highest BCUT2D eigenvalue weighted by Gasteiger charge is 2.57. The van der Waals surface area contributed by atoms with Gasteiger partial charge in [0.15, 0.2) is 0 Å². The Morgan fingerprint density at radius 2 is 1.82 bits per heavy atom. The minimum Gasteiger partial charge on any atom is -0.296 e. The van der Waals surface area contributed by atoms with E-state index in [9.17, 15) is 26.4 Å². The third kappa shape index (κ3) is 4.77. The van der Waals surface area contributed by atoms with Crippen LogP contribution in [-0.4, -0.2) is 29.0 Å². The van der Waals surface area contributed by atoms with Crippen molar-refractivity contribution in [2.45, 2.75) is 69.0 Å². The fraction of sp³-hybridized carbons (Fsp3) is 0.407. The third-order valence-corrected chi connectivity index (χ3v) is 9.33. The van der Waals surface area contributed by atoms with Gasteiger partial charge in [0, 0.05) is 48.0 Å². The molecule has 0 amide bonds. The van der Waals surface area contributed by atoms with E-state index in [1.165, 1.54) is 29.1 Å². The lowest BCUT2D eigenvalue weighted by molar-refractivity contribution is 0.371. The van der Waals surface area contributed by atoms with Gasteiger partial charge in [-0.2, -0.15) is 0 Å². The second-order valence-electron chi connectivity index (χ2n) is 10.3. The summed E-state index contributed by atoms with van der Waals surface area (Å²) in [7, 11) is -4.35. The topological polar surface area (TPSA) is 81.1 Å². The first-order chi connectivity index (χ1) is 17.9. The summed E-state index contributed by atoms with van der Waals surface area (Å²) in [6, 6.07) is 5.98. The van der Waals surface area contributed by atoms with E-state index >= 15 is 4.39 Å². The van der Waals surface area contributed by atoms with E-state index < -0.39 is 44.4 Å². The predicted octanol–water partition coefficient (Wildman–Crippen LogP) is 4.93. The van der Waals surface area contributed by atoms with Gasteiger partial charge in [-0.3, -0.25) is 9.36 Å². The van der Waals surface area contributed by atoms with E-state index in [4.69, 9.17) is 0 Å². The first kappa shape index (κ1) is 26.6. The molecular formula is C27H27F4N3O3S. The molecule has 38 heavy (non-hydrogen) atoms. The van der Waals surface area contributed by atoms with Gasteiger partial charge >= 0.3 is 0 Å². The first-order valence-corrected chi connectivity index (χ1v) is 13.9. The standard InChI is InChI=1S/C27H27F4N3O3S/c1-15(2)34-14-32-23-7-6-22(33-38(36,37)27(31)8-9-27)21(24(23)26(34)35)12-16-4-3-5-20(25(16)30)17-10-18(28)13-19(29)11-17/h3-5,10-11,13-15,21-22,33H,6-9,12H2,1-2H3/t21-,22-/m0/s1. The molecule has 0 spiro atoms. The largest absolute Gasteiger partial charge is 0.296 e.